The summed E-state index contributed by atoms with van der Waals surface area (Å²) in [6, 6.07) is 20.8. The number of aliphatic hydroxyl groups excluding tert-OH is 2. The van der Waals surface area contributed by atoms with Gasteiger partial charge < -0.3 is 15.9 Å². The molecule has 0 aliphatic heterocycles. The quantitative estimate of drug-likeness (QED) is 0.631. The standard InChI is InChI=1S/C22H23NO2/c1-14-3-7-16(8-4-14)21(24)18-11-12-20(23)19(13-18)22(25)17-9-5-15(2)6-10-17/h3-13,21-22,24-25H,23H2,1-2H3. The van der Waals surface area contributed by atoms with E-state index in [1.54, 1.807) is 18.2 Å². The van der Waals surface area contributed by atoms with Crippen molar-refractivity contribution in [2.45, 2.75) is 26.1 Å². The summed E-state index contributed by atoms with van der Waals surface area (Å²) in [5, 5.41) is 21.4. The summed E-state index contributed by atoms with van der Waals surface area (Å²) in [7, 11) is 0. The Labute approximate surface area is 148 Å². The first-order valence-corrected chi connectivity index (χ1v) is 8.34. The summed E-state index contributed by atoms with van der Waals surface area (Å²) in [6.45, 7) is 4.01. The van der Waals surface area contributed by atoms with Crippen LogP contribution in [0.25, 0.3) is 0 Å². The Hall–Kier alpha value is -2.62. The highest BCUT2D eigenvalue weighted by molar-refractivity contribution is 5.53. The van der Waals surface area contributed by atoms with Gasteiger partial charge in [0.1, 0.15) is 12.2 Å². The molecule has 2 unspecified atom stereocenters. The second-order valence-electron chi connectivity index (χ2n) is 6.51. The predicted octanol–water partition coefficient (Wildman–Crippen LogP) is 4.05. The van der Waals surface area contributed by atoms with Crippen molar-refractivity contribution in [3.05, 3.63) is 100 Å². The molecule has 0 spiro atoms. The van der Waals surface area contributed by atoms with Gasteiger partial charge in [-0.1, -0.05) is 65.7 Å². The third-order valence-corrected chi connectivity index (χ3v) is 4.51. The number of benzene rings is 3. The van der Waals surface area contributed by atoms with Crippen LogP contribution in [0.15, 0.2) is 66.7 Å². The first-order chi connectivity index (χ1) is 12.0. The lowest BCUT2D eigenvalue weighted by Crippen LogP contribution is -2.07. The molecule has 0 saturated heterocycles. The highest BCUT2D eigenvalue weighted by Crippen LogP contribution is 2.31. The van der Waals surface area contributed by atoms with E-state index < -0.39 is 12.2 Å². The third kappa shape index (κ3) is 3.73. The van der Waals surface area contributed by atoms with Crippen LogP contribution in [-0.2, 0) is 0 Å². The van der Waals surface area contributed by atoms with Gasteiger partial charge in [-0.25, -0.2) is 0 Å². The molecule has 3 heteroatoms. The van der Waals surface area contributed by atoms with Gasteiger partial charge in [0.15, 0.2) is 0 Å². The van der Waals surface area contributed by atoms with Crippen LogP contribution in [-0.4, -0.2) is 10.2 Å². The van der Waals surface area contributed by atoms with E-state index in [1.807, 2.05) is 62.4 Å². The van der Waals surface area contributed by atoms with Gasteiger partial charge in [0.2, 0.25) is 0 Å². The summed E-state index contributed by atoms with van der Waals surface area (Å²) in [5.41, 5.74) is 11.8. The number of hydrogen-bond donors (Lipinski definition) is 3. The van der Waals surface area contributed by atoms with E-state index in [4.69, 9.17) is 5.73 Å². The maximum atomic E-state index is 10.7. The molecular formula is C22H23NO2. The predicted molar refractivity (Wildman–Crippen MR) is 101 cm³/mol. The van der Waals surface area contributed by atoms with Crippen LogP contribution in [0.2, 0.25) is 0 Å². The number of aliphatic hydroxyl groups is 2. The van der Waals surface area contributed by atoms with Crippen molar-refractivity contribution in [1.82, 2.24) is 0 Å². The minimum atomic E-state index is -0.828. The maximum Gasteiger partial charge on any atom is 0.106 e. The zero-order valence-electron chi connectivity index (χ0n) is 14.5. The van der Waals surface area contributed by atoms with Crippen molar-refractivity contribution in [3.8, 4) is 0 Å². The lowest BCUT2D eigenvalue weighted by molar-refractivity contribution is 0.214. The van der Waals surface area contributed by atoms with Crippen molar-refractivity contribution in [2.75, 3.05) is 5.73 Å². The number of anilines is 1. The molecule has 2 atom stereocenters. The molecule has 0 aliphatic rings. The number of aryl methyl sites for hydroxylation is 2. The summed E-state index contributed by atoms with van der Waals surface area (Å²) < 4.78 is 0. The fourth-order valence-corrected chi connectivity index (χ4v) is 2.87. The van der Waals surface area contributed by atoms with E-state index in [1.165, 1.54) is 0 Å². The molecule has 0 radical (unpaired) electrons. The number of nitrogens with two attached hydrogens (primary N) is 1. The van der Waals surface area contributed by atoms with Crippen molar-refractivity contribution >= 4 is 5.69 Å². The van der Waals surface area contributed by atoms with E-state index >= 15 is 0 Å². The summed E-state index contributed by atoms with van der Waals surface area (Å²) in [4.78, 5) is 0. The molecule has 0 aliphatic carbocycles. The molecule has 128 valence electrons. The molecule has 3 rings (SSSR count). The highest BCUT2D eigenvalue weighted by atomic mass is 16.3. The van der Waals surface area contributed by atoms with Gasteiger partial charge in [-0.05, 0) is 42.7 Å². The van der Waals surface area contributed by atoms with Gasteiger partial charge in [0, 0.05) is 11.3 Å². The summed E-state index contributed by atoms with van der Waals surface area (Å²) >= 11 is 0. The van der Waals surface area contributed by atoms with E-state index in [-0.39, 0.29) is 0 Å². The van der Waals surface area contributed by atoms with E-state index in [0.29, 0.717) is 16.8 Å². The van der Waals surface area contributed by atoms with Gasteiger partial charge in [0.25, 0.3) is 0 Å². The summed E-state index contributed by atoms with van der Waals surface area (Å²) in [5.74, 6) is 0. The molecule has 0 heterocycles. The first kappa shape index (κ1) is 17.2. The molecule has 0 amide bonds. The van der Waals surface area contributed by atoms with Crippen molar-refractivity contribution in [1.29, 1.82) is 0 Å². The van der Waals surface area contributed by atoms with Crippen LogP contribution in [0.3, 0.4) is 0 Å². The Morgan fingerprint density at radius 2 is 1.08 bits per heavy atom. The molecule has 0 fully saturated rings. The number of hydrogen-bond acceptors (Lipinski definition) is 3. The summed E-state index contributed by atoms with van der Waals surface area (Å²) in [6.07, 6.45) is -1.59. The molecule has 3 aromatic carbocycles. The molecule has 0 saturated carbocycles. The zero-order chi connectivity index (χ0) is 18.0. The average Bonchev–Trinajstić information content (AvgIpc) is 2.62. The van der Waals surface area contributed by atoms with Crippen LogP contribution in [0.1, 0.15) is 45.6 Å². The molecular weight excluding hydrogens is 310 g/mol. The lowest BCUT2D eigenvalue weighted by atomic mass is 9.94. The fraction of sp³-hybridized carbons (Fsp3) is 0.182. The van der Waals surface area contributed by atoms with E-state index in [2.05, 4.69) is 0 Å². The monoisotopic (exact) mass is 333 g/mol. The molecule has 0 bridgehead atoms. The number of nitrogen functional groups attached to an aromatic ring is 1. The van der Waals surface area contributed by atoms with Gasteiger partial charge in [-0.2, -0.15) is 0 Å². The second kappa shape index (κ2) is 7.09. The van der Waals surface area contributed by atoms with Crippen molar-refractivity contribution in [3.63, 3.8) is 0 Å². The molecule has 3 nitrogen and oxygen atoms in total. The Kier molecular flexibility index (Phi) is 4.88. The van der Waals surface area contributed by atoms with Gasteiger partial charge in [0.05, 0.1) is 0 Å². The molecule has 0 aromatic heterocycles. The van der Waals surface area contributed by atoms with Crippen LogP contribution in [0, 0.1) is 13.8 Å². The Morgan fingerprint density at radius 3 is 1.60 bits per heavy atom. The van der Waals surface area contributed by atoms with Gasteiger partial charge in [-0.15, -0.1) is 0 Å². The first-order valence-electron chi connectivity index (χ1n) is 8.34. The third-order valence-electron chi connectivity index (χ3n) is 4.51. The second-order valence-corrected chi connectivity index (χ2v) is 6.51. The van der Waals surface area contributed by atoms with E-state index in [9.17, 15) is 10.2 Å². The number of rotatable bonds is 4. The average molecular weight is 333 g/mol. The van der Waals surface area contributed by atoms with Crippen LogP contribution in [0.5, 0.6) is 0 Å². The highest BCUT2D eigenvalue weighted by Gasteiger charge is 2.17. The smallest absolute Gasteiger partial charge is 0.106 e. The Balaban J connectivity index is 1.94. The van der Waals surface area contributed by atoms with E-state index in [0.717, 1.165) is 22.3 Å². The topological polar surface area (TPSA) is 66.5 Å². The minimum absolute atomic E-state index is 0.507. The zero-order valence-corrected chi connectivity index (χ0v) is 14.5. The molecule has 25 heavy (non-hydrogen) atoms. The minimum Gasteiger partial charge on any atom is -0.398 e. The van der Waals surface area contributed by atoms with Gasteiger partial charge >= 0.3 is 0 Å². The fourth-order valence-electron chi connectivity index (χ4n) is 2.87. The van der Waals surface area contributed by atoms with Crippen LogP contribution < -0.4 is 5.73 Å². The Bertz CT molecular complexity index is 854. The molecule has 3 aromatic rings. The lowest BCUT2D eigenvalue weighted by Gasteiger charge is -2.18. The normalized spacial score (nSPS) is 13.4. The van der Waals surface area contributed by atoms with Crippen molar-refractivity contribution < 1.29 is 10.2 Å². The molecule has 4 N–H and O–H groups in total. The Morgan fingerprint density at radius 1 is 0.640 bits per heavy atom. The van der Waals surface area contributed by atoms with Crippen LogP contribution in [0.4, 0.5) is 5.69 Å². The van der Waals surface area contributed by atoms with Crippen LogP contribution >= 0.6 is 0 Å². The maximum absolute atomic E-state index is 10.7. The largest absolute Gasteiger partial charge is 0.398 e. The van der Waals surface area contributed by atoms with Gasteiger partial charge in [-0.3, -0.25) is 0 Å². The van der Waals surface area contributed by atoms with Crippen molar-refractivity contribution in [2.24, 2.45) is 0 Å². The SMILES string of the molecule is Cc1ccc(C(O)c2ccc(N)c(C(O)c3ccc(C)cc3)c2)cc1.